The SMILES string of the molecule is Cc1cccc(C2C(C#N)=C(N)N(c3nnc(SCC(=O)Nc4ccc(C)cc4C)s3)C3=C2C(=O)CCC3)c1. The van der Waals surface area contributed by atoms with Gasteiger partial charge in [0.25, 0.3) is 0 Å². The number of nitrogens with two attached hydrogens (primary N) is 1. The molecule has 0 fully saturated rings. The number of nitrogens with one attached hydrogen (secondary N) is 1. The third kappa shape index (κ3) is 5.33. The van der Waals surface area contributed by atoms with Crippen LogP contribution in [-0.4, -0.2) is 27.6 Å². The van der Waals surface area contributed by atoms with E-state index in [1.807, 2.05) is 63.2 Å². The lowest BCUT2D eigenvalue weighted by atomic mass is 9.75. The quantitative estimate of drug-likeness (QED) is 0.382. The molecule has 0 bridgehead atoms. The van der Waals surface area contributed by atoms with Crippen molar-refractivity contribution in [2.24, 2.45) is 5.73 Å². The number of carbonyl (C=O) groups is 2. The first-order chi connectivity index (χ1) is 18.8. The summed E-state index contributed by atoms with van der Waals surface area (Å²) in [7, 11) is 0. The molecule has 1 aliphatic carbocycles. The summed E-state index contributed by atoms with van der Waals surface area (Å²) in [6.45, 7) is 5.95. The summed E-state index contributed by atoms with van der Waals surface area (Å²) in [6.07, 6.45) is 1.77. The second kappa shape index (κ2) is 11.0. The average molecular weight is 557 g/mol. The Morgan fingerprint density at radius 2 is 1.97 bits per heavy atom. The molecule has 1 aliphatic heterocycles. The largest absolute Gasteiger partial charge is 0.384 e. The second-order valence-electron chi connectivity index (χ2n) is 9.74. The molecule has 0 spiro atoms. The molecule has 1 aromatic heterocycles. The van der Waals surface area contributed by atoms with Crippen molar-refractivity contribution in [3.63, 3.8) is 0 Å². The standard InChI is InChI=1S/C29H28N6O2S2/c1-16-6-4-7-19(13-16)25-20(14-30)27(31)35(22-8-5-9-23(36)26(22)25)28-33-34-29(39-28)38-15-24(37)32-21-11-10-17(2)12-18(21)3/h4,6-7,10-13,25H,5,8-9,15,31H2,1-3H3,(H,32,37). The van der Waals surface area contributed by atoms with Crippen molar-refractivity contribution >= 4 is 45.6 Å². The van der Waals surface area contributed by atoms with Gasteiger partial charge in [-0.1, -0.05) is 70.6 Å². The van der Waals surface area contributed by atoms with Gasteiger partial charge in [-0.3, -0.25) is 14.5 Å². The van der Waals surface area contributed by atoms with Gasteiger partial charge in [-0.2, -0.15) is 5.26 Å². The van der Waals surface area contributed by atoms with Crippen LogP contribution in [0.15, 0.2) is 69.5 Å². The molecule has 1 unspecified atom stereocenters. The van der Waals surface area contributed by atoms with Gasteiger partial charge in [-0.25, -0.2) is 0 Å². The van der Waals surface area contributed by atoms with Gasteiger partial charge < -0.3 is 11.1 Å². The minimum absolute atomic E-state index is 0.0233. The molecule has 3 N–H and O–H groups in total. The zero-order valence-electron chi connectivity index (χ0n) is 21.9. The minimum atomic E-state index is -0.510. The molecule has 0 radical (unpaired) electrons. The minimum Gasteiger partial charge on any atom is -0.384 e. The summed E-state index contributed by atoms with van der Waals surface area (Å²) in [5.41, 5.74) is 13.2. The van der Waals surface area contributed by atoms with Crippen LogP contribution in [0.4, 0.5) is 10.8 Å². The smallest absolute Gasteiger partial charge is 0.234 e. The molecule has 1 atom stereocenters. The van der Waals surface area contributed by atoms with Crippen LogP contribution in [-0.2, 0) is 9.59 Å². The number of ketones is 1. The molecule has 5 rings (SSSR count). The number of allylic oxidation sites excluding steroid dienone is 3. The Balaban J connectivity index is 1.41. The number of nitriles is 1. The van der Waals surface area contributed by atoms with E-state index in [1.165, 1.54) is 23.1 Å². The summed E-state index contributed by atoms with van der Waals surface area (Å²) < 4.78 is 0.595. The van der Waals surface area contributed by atoms with Gasteiger partial charge in [-0.05, 0) is 50.8 Å². The van der Waals surface area contributed by atoms with Crippen LogP contribution in [0.25, 0.3) is 0 Å². The number of aromatic nitrogens is 2. The number of benzene rings is 2. The molecule has 2 heterocycles. The van der Waals surface area contributed by atoms with Crippen LogP contribution >= 0.6 is 23.1 Å². The second-order valence-corrected chi connectivity index (χ2v) is 11.9. The Morgan fingerprint density at radius 3 is 2.72 bits per heavy atom. The van der Waals surface area contributed by atoms with Crippen molar-refractivity contribution < 1.29 is 9.59 Å². The van der Waals surface area contributed by atoms with E-state index in [0.29, 0.717) is 39.9 Å². The molecule has 2 aliphatic rings. The molecule has 10 heteroatoms. The fraction of sp³-hybridized carbons (Fsp3) is 0.276. The van der Waals surface area contributed by atoms with Gasteiger partial charge in [-0.15, -0.1) is 10.2 Å². The first kappa shape index (κ1) is 26.7. The maximum Gasteiger partial charge on any atom is 0.234 e. The number of carbonyl (C=O) groups excluding carboxylic acids is 2. The molecule has 0 saturated carbocycles. The predicted molar refractivity (Wildman–Crippen MR) is 154 cm³/mol. The summed E-state index contributed by atoms with van der Waals surface area (Å²) in [6, 6.07) is 16.0. The number of hydrogen-bond acceptors (Lipinski definition) is 9. The zero-order chi connectivity index (χ0) is 27.7. The number of thioether (sulfide) groups is 1. The summed E-state index contributed by atoms with van der Waals surface area (Å²) in [4.78, 5) is 27.6. The highest BCUT2D eigenvalue weighted by molar-refractivity contribution is 8.01. The van der Waals surface area contributed by atoms with Crippen molar-refractivity contribution in [3.8, 4) is 6.07 Å². The van der Waals surface area contributed by atoms with Crippen molar-refractivity contribution in [2.75, 3.05) is 16.0 Å². The number of hydrogen-bond donors (Lipinski definition) is 2. The molecular weight excluding hydrogens is 528 g/mol. The van der Waals surface area contributed by atoms with Crippen LogP contribution in [0.5, 0.6) is 0 Å². The van der Waals surface area contributed by atoms with Crippen molar-refractivity contribution in [3.05, 3.63) is 87.4 Å². The Hall–Kier alpha value is -3.94. The fourth-order valence-electron chi connectivity index (χ4n) is 5.11. The fourth-order valence-corrected chi connectivity index (χ4v) is 6.79. The van der Waals surface area contributed by atoms with E-state index in [1.54, 1.807) is 4.90 Å². The van der Waals surface area contributed by atoms with Crippen LogP contribution in [0.2, 0.25) is 0 Å². The van der Waals surface area contributed by atoms with E-state index in [4.69, 9.17) is 5.73 Å². The molecule has 39 heavy (non-hydrogen) atoms. The molecule has 8 nitrogen and oxygen atoms in total. The van der Waals surface area contributed by atoms with Crippen molar-refractivity contribution in [1.82, 2.24) is 10.2 Å². The van der Waals surface area contributed by atoms with Gasteiger partial charge >= 0.3 is 0 Å². The molecule has 198 valence electrons. The normalized spacial score (nSPS) is 17.2. The van der Waals surface area contributed by atoms with E-state index in [2.05, 4.69) is 21.6 Å². The molecule has 0 saturated heterocycles. The Morgan fingerprint density at radius 1 is 1.18 bits per heavy atom. The lowest BCUT2D eigenvalue weighted by Crippen LogP contribution is -2.38. The lowest BCUT2D eigenvalue weighted by molar-refractivity contribution is -0.116. The third-order valence-electron chi connectivity index (χ3n) is 6.86. The van der Waals surface area contributed by atoms with Gasteiger partial charge in [0.2, 0.25) is 11.0 Å². The topological polar surface area (TPSA) is 125 Å². The maximum atomic E-state index is 13.3. The number of Topliss-reactive ketones (excluding diaryl/α,β-unsaturated/α-hetero) is 1. The predicted octanol–water partition coefficient (Wildman–Crippen LogP) is 5.50. The highest BCUT2D eigenvalue weighted by Crippen LogP contribution is 2.47. The Labute approximate surface area is 235 Å². The Bertz CT molecular complexity index is 1580. The number of rotatable bonds is 6. The lowest BCUT2D eigenvalue weighted by Gasteiger charge is -2.38. The number of amides is 1. The number of nitrogens with zero attached hydrogens (tertiary/aromatic N) is 4. The van der Waals surface area contributed by atoms with E-state index in [0.717, 1.165) is 33.6 Å². The average Bonchev–Trinajstić information content (AvgIpc) is 3.37. The zero-order valence-corrected chi connectivity index (χ0v) is 23.6. The van der Waals surface area contributed by atoms with Gasteiger partial charge in [0.05, 0.1) is 23.3 Å². The van der Waals surface area contributed by atoms with Crippen LogP contribution in [0.3, 0.4) is 0 Å². The van der Waals surface area contributed by atoms with Crippen LogP contribution in [0, 0.1) is 32.1 Å². The number of aryl methyl sites for hydroxylation is 3. The summed E-state index contributed by atoms with van der Waals surface area (Å²) in [5, 5.41) is 22.2. The molecule has 3 aromatic rings. The first-order valence-corrected chi connectivity index (χ1v) is 14.4. The van der Waals surface area contributed by atoms with E-state index < -0.39 is 5.92 Å². The van der Waals surface area contributed by atoms with Crippen molar-refractivity contribution in [1.29, 1.82) is 5.26 Å². The van der Waals surface area contributed by atoms with Crippen LogP contribution < -0.4 is 16.0 Å². The molecule has 1 amide bonds. The number of anilines is 2. The van der Waals surface area contributed by atoms with Gasteiger partial charge in [0.1, 0.15) is 5.82 Å². The summed E-state index contributed by atoms with van der Waals surface area (Å²) in [5.74, 6) is -0.201. The first-order valence-electron chi connectivity index (χ1n) is 12.6. The monoisotopic (exact) mass is 556 g/mol. The van der Waals surface area contributed by atoms with Gasteiger partial charge in [0.15, 0.2) is 10.1 Å². The molecule has 2 aromatic carbocycles. The van der Waals surface area contributed by atoms with Gasteiger partial charge in [0, 0.05) is 23.4 Å². The van der Waals surface area contributed by atoms with Crippen LogP contribution in [0.1, 0.15) is 47.4 Å². The highest BCUT2D eigenvalue weighted by atomic mass is 32.2. The highest BCUT2D eigenvalue weighted by Gasteiger charge is 2.41. The third-order valence-corrected chi connectivity index (χ3v) is 8.90. The van der Waals surface area contributed by atoms with Crippen molar-refractivity contribution in [2.45, 2.75) is 50.3 Å². The summed E-state index contributed by atoms with van der Waals surface area (Å²) >= 11 is 2.56. The molecular formula is C29H28N6O2S2. The van der Waals surface area contributed by atoms with E-state index >= 15 is 0 Å². The van der Waals surface area contributed by atoms with E-state index in [-0.39, 0.29) is 23.3 Å². The maximum absolute atomic E-state index is 13.3. The van der Waals surface area contributed by atoms with E-state index in [9.17, 15) is 14.9 Å². The Kier molecular flexibility index (Phi) is 7.55.